The zero-order valence-electron chi connectivity index (χ0n) is 6.25. The molecule has 58 valence electrons. The lowest BCUT2D eigenvalue weighted by atomic mass is 10.0. The van der Waals surface area contributed by atoms with Gasteiger partial charge in [-0.25, -0.2) is 0 Å². The van der Waals surface area contributed by atoms with Crippen LogP contribution < -0.4 is 5.73 Å². The highest BCUT2D eigenvalue weighted by molar-refractivity contribution is 7.99. The number of hydrogen-bond acceptors (Lipinski definition) is 2. The van der Waals surface area contributed by atoms with Crippen molar-refractivity contribution in [2.45, 2.75) is 12.8 Å². The lowest BCUT2D eigenvalue weighted by molar-refractivity contribution is 0.488. The fraction of sp³-hybridized carbons (Fsp3) is 1.00. The van der Waals surface area contributed by atoms with Crippen molar-refractivity contribution >= 4 is 11.8 Å². The predicted molar refractivity (Wildman–Crippen MR) is 46.1 cm³/mol. The average Bonchev–Trinajstić information content (AvgIpc) is 2.56. The molecule has 2 rings (SSSR count). The fourth-order valence-corrected chi connectivity index (χ4v) is 3.36. The largest absolute Gasteiger partial charge is 0.330 e. The SMILES string of the molecule is NC[C@@H]1C[C@H]1C1CCSC1. The van der Waals surface area contributed by atoms with Crippen molar-refractivity contribution < 1.29 is 0 Å². The van der Waals surface area contributed by atoms with Crippen molar-refractivity contribution in [2.75, 3.05) is 18.1 Å². The van der Waals surface area contributed by atoms with Gasteiger partial charge in [-0.1, -0.05) is 0 Å². The summed E-state index contributed by atoms with van der Waals surface area (Å²) in [6.07, 6.45) is 2.90. The van der Waals surface area contributed by atoms with Gasteiger partial charge in [0.1, 0.15) is 0 Å². The van der Waals surface area contributed by atoms with Gasteiger partial charge in [0, 0.05) is 0 Å². The first-order valence-corrected chi connectivity index (χ1v) is 5.35. The van der Waals surface area contributed by atoms with Crippen molar-refractivity contribution in [2.24, 2.45) is 23.5 Å². The molecule has 2 heteroatoms. The van der Waals surface area contributed by atoms with Gasteiger partial charge in [0.2, 0.25) is 0 Å². The maximum absolute atomic E-state index is 5.59. The minimum absolute atomic E-state index is 0.906. The van der Waals surface area contributed by atoms with Crippen LogP contribution in [0.3, 0.4) is 0 Å². The van der Waals surface area contributed by atoms with Gasteiger partial charge in [-0.3, -0.25) is 0 Å². The van der Waals surface area contributed by atoms with E-state index in [0.717, 1.165) is 24.3 Å². The van der Waals surface area contributed by atoms with E-state index >= 15 is 0 Å². The minimum Gasteiger partial charge on any atom is -0.330 e. The van der Waals surface area contributed by atoms with Crippen LogP contribution in [0.15, 0.2) is 0 Å². The van der Waals surface area contributed by atoms with E-state index in [-0.39, 0.29) is 0 Å². The molecule has 10 heavy (non-hydrogen) atoms. The molecule has 2 aliphatic rings. The van der Waals surface area contributed by atoms with Gasteiger partial charge in [-0.2, -0.15) is 11.8 Å². The summed E-state index contributed by atoms with van der Waals surface area (Å²) in [4.78, 5) is 0. The molecule has 0 aromatic heterocycles. The molecule has 1 unspecified atom stereocenters. The molecule has 1 heterocycles. The van der Waals surface area contributed by atoms with Crippen molar-refractivity contribution in [3.05, 3.63) is 0 Å². The van der Waals surface area contributed by atoms with E-state index in [2.05, 4.69) is 11.8 Å². The second kappa shape index (κ2) is 2.74. The Labute approximate surface area is 66.7 Å². The standard InChI is InChI=1S/C8H15NS/c9-4-7-3-8(7)6-1-2-10-5-6/h6-8H,1-5,9H2/t6?,7-,8-/m0/s1. The molecule has 2 N–H and O–H groups in total. The van der Waals surface area contributed by atoms with Crippen molar-refractivity contribution in [3.63, 3.8) is 0 Å². The molecule has 2 fully saturated rings. The van der Waals surface area contributed by atoms with Gasteiger partial charge in [0.05, 0.1) is 0 Å². The lowest BCUT2D eigenvalue weighted by Crippen LogP contribution is -2.08. The molecule has 1 saturated carbocycles. The van der Waals surface area contributed by atoms with Crippen LogP contribution in [0.25, 0.3) is 0 Å². The molecule has 0 amide bonds. The molecule has 1 saturated heterocycles. The zero-order chi connectivity index (χ0) is 6.97. The highest BCUT2D eigenvalue weighted by Gasteiger charge is 2.42. The summed E-state index contributed by atoms with van der Waals surface area (Å²) >= 11 is 2.12. The summed E-state index contributed by atoms with van der Waals surface area (Å²) in [6.45, 7) is 0.936. The first kappa shape index (κ1) is 6.99. The Kier molecular flexibility index (Phi) is 1.92. The molecule has 0 aromatic rings. The number of rotatable bonds is 2. The van der Waals surface area contributed by atoms with Crippen LogP contribution in [0.5, 0.6) is 0 Å². The van der Waals surface area contributed by atoms with Crippen LogP contribution in [0.4, 0.5) is 0 Å². The first-order valence-electron chi connectivity index (χ1n) is 4.19. The first-order chi connectivity index (χ1) is 4.92. The van der Waals surface area contributed by atoms with Gasteiger partial charge in [-0.05, 0) is 48.6 Å². The maximum atomic E-state index is 5.59. The molecule has 1 nitrogen and oxygen atoms in total. The van der Waals surface area contributed by atoms with Gasteiger partial charge in [0.25, 0.3) is 0 Å². The second-order valence-corrected chi connectivity index (χ2v) is 4.67. The van der Waals surface area contributed by atoms with Gasteiger partial charge >= 0.3 is 0 Å². The monoisotopic (exact) mass is 157 g/mol. The normalized spacial score (nSPS) is 45.9. The topological polar surface area (TPSA) is 26.0 Å². The summed E-state index contributed by atoms with van der Waals surface area (Å²) in [5.74, 6) is 5.79. The Morgan fingerprint density at radius 1 is 1.50 bits per heavy atom. The second-order valence-electron chi connectivity index (χ2n) is 3.52. The van der Waals surface area contributed by atoms with Crippen molar-refractivity contribution in [1.29, 1.82) is 0 Å². The third-order valence-electron chi connectivity index (χ3n) is 2.85. The molecule has 1 aliphatic carbocycles. The van der Waals surface area contributed by atoms with E-state index in [9.17, 15) is 0 Å². The van der Waals surface area contributed by atoms with Crippen molar-refractivity contribution in [3.8, 4) is 0 Å². The number of hydrogen-bond donors (Lipinski definition) is 1. The summed E-state index contributed by atoms with van der Waals surface area (Å²) in [7, 11) is 0. The summed E-state index contributed by atoms with van der Waals surface area (Å²) in [5.41, 5.74) is 5.59. The molecule has 0 spiro atoms. The highest BCUT2D eigenvalue weighted by atomic mass is 32.2. The molecular weight excluding hydrogens is 142 g/mol. The minimum atomic E-state index is 0.906. The summed E-state index contributed by atoms with van der Waals surface area (Å²) in [6, 6.07) is 0. The molecule has 3 atom stereocenters. The Morgan fingerprint density at radius 2 is 2.40 bits per heavy atom. The van der Waals surface area contributed by atoms with E-state index in [0.29, 0.717) is 0 Å². The van der Waals surface area contributed by atoms with E-state index in [4.69, 9.17) is 5.73 Å². The third kappa shape index (κ3) is 1.19. The molecule has 0 aromatic carbocycles. The van der Waals surface area contributed by atoms with Crippen LogP contribution in [0.2, 0.25) is 0 Å². The van der Waals surface area contributed by atoms with E-state index in [1.54, 1.807) is 0 Å². The fourth-order valence-electron chi connectivity index (χ4n) is 2.01. The maximum Gasteiger partial charge on any atom is -0.00361 e. The van der Waals surface area contributed by atoms with E-state index in [1.807, 2.05) is 0 Å². The van der Waals surface area contributed by atoms with Crippen LogP contribution in [0, 0.1) is 17.8 Å². The quantitative estimate of drug-likeness (QED) is 0.654. The van der Waals surface area contributed by atoms with Gasteiger partial charge in [0.15, 0.2) is 0 Å². The number of thioether (sulfide) groups is 1. The highest BCUT2D eigenvalue weighted by Crippen LogP contribution is 2.48. The molecular formula is C8H15NS. The van der Waals surface area contributed by atoms with Gasteiger partial charge < -0.3 is 5.73 Å². The summed E-state index contributed by atoms with van der Waals surface area (Å²) in [5, 5.41) is 0. The van der Waals surface area contributed by atoms with Gasteiger partial charge in [-0.15, -0.1) is 0 Å². The Morgan fingerprint density at radius 3 is 2.90 bits per heavy atom. The van der Waals surface area contributed by atoms with Crippen LogP contribution in [-0.4, -0.2) is 18.1 Å². The molecule has 0 radical (unpaired) electrons. The Bertz CT molecular complexity index is 120. The Balaban J connectivity index is 1.79. The number of nitrogens with two attached hydrogens (primary N) is 1. The molecule has 0 bridgehead atoms. The average molecular weight is 157 g/mol. The van der Waals surface area contributed by atoms with Crippen LogP contribution in [0.1, 0.15) is 12.8 Å². The smallest absolute Gasteiger partial charge is 0.00361 e. The third-order valence-corrected chi connectivity index (χ3v) is 4.04. The van der Waals surface area contributed by atoms with Crippen LogP contribution in [-0.2, 0) is 0 Å². The zero-order valence-corrected chi connectivity index (χ0v) is 7.07. The van der Waals surface area contributed by atoms with Crippen LogP contribution >= 0.6 is 11.8 Å². The van der Waals surface area contributed by atoms with E-state index < -0.39 is 0 Å². The van der Waals surface area contributed by atoms with Crippen molar-refractivity contribution in [1.82, 2.24) is 0 Å². The lowest BCUT2D eigenvalue weighted by Gasteiger charge is -2.04. The predicted octanol–water partition coefficient (Wildman–Crippen LogP) is 1.33. The summed E-state index contributed by atoms with van der Waals surface area (Å²) < 4.78 is 0. The van der Waals surface area contributed by atoms with E-state index in [1.165, 1.54) is 24.3 Å². The molecule has 1 aliphatic heterocycles. The Hall–Kier alpha value is 0.310.